The van der Waals surface area contributed by atoms with E-state index in [1.54, 1.807) is 11.3 Å². The maximum absolute atomic E-state index is 12.7. The fraction of sp³-hybridized carbons (Fsp3) is 0.750. The number of rotatable bonds is 6. The third-order valence-corrected chi connectivity index (χ3v) is 5.33. The van der Waals surface area contributed by atoms with E-state index in [1.807, 2.05) is 0 Å². The van der Waals surface area contributed by atoms with Gasteiger partial charge in [-0.1, -0.05) is 6.92 Å². The lowest BCUT2D eigenvalue weighted by atomic mass is 9.77. The van der Waals surface area contributed by atoms with Gasteiger partial charge in [-0.15, -0.1) is 0 Å². The molecule has 1 fully saturated rings. The summed E-state index contributed by atoms with van der Waals surface area (Å²) in [5.74, 6) is -0.685. The molecule has 0 saturated heterocycles. The van der Waals surface area contributed by atoms with E-state index in [0.29, 0.717) is 37.6 Å². The first-order valence-electron chi connectivity index (χ1n) is 7.82. The topological polar surface area (TPSA) is 12.0 Å². The number of halogens is 3. The molecule has 1 aromatic heterocycles. The maximum Gasteiger partial charge on any atom is 0.391 e. The van der Waals surface area contributed by atoms with Crippen molar-refractivity contribution >= 4 is 11.3 Å². The molecule has 1 aromatic rings. The van der Waals surface area contributed by atoms with Gasteiger partial charge in [-0.25, -0.2) is 0 Å². The summed E-state index contributed by atoms with van der Waals surface area (Å²) in [6.45, 7) is 2.95. The van der Waals surface area contributed by atoms with Crippen LogP contribution in [0.3, 0.4) is 0 Å². The van der Waals surface area contributed by atoms with Gasteiger partial charge in [0.25, 0.3) is 0 Å². The smallest absolute Gasteiger partial charge is 0.314 e. The second kappa shape index (κ2) is 7.63. The summed E-state index contributed by atoms with van der Waals surface area (Å²) in [5.41, 5.74) is 1.34. The fourth-order valence-corrected chi connectivity index (χ4v) is 4.08. The minimum absolute atomic E-state index is 0.300. The maximum atomic E-state index is 12.7. The molecule has 0 aromatic carbocycles. The Kier molecular flexibility index (Phi) is 6.11. The zero-order chi connectivity index (χ0) is 15.3. The fourth-order valence-electron chi connectivity index (χ4n) is 3.37. The first-order chi connectivity index (χ1) is 10.0. The van der Waals surface area contributed by atoms with Crippen LogP contribution < -0.4 is 5.32 Å². The summed E-state index contributed by atoms with van der Waals surface area (Å²) < 4.78 is 38.2. The van der Waals surface area contributed by atoms with Gasteiger partial charge >= 0.3 is 6.18 Å². The molecule has 120 valence electrons. The van der Waals surface area contributed by atoms with Crippen molar-refractivity contribution in [1.82, 2.24) is 5.32 Å². The Hall–Kier alpha value is -0.550. The standard InChI is InChI=1S/C16H24F3NS/c1-2-20-15(8-3-12-9-10-21-11-12)13-4-6-14(7-5-13)16(17,18)19/h9-11,13-15,20H,2-8H2,1H3. The molecular weight excluding hydrogens is 295 g/mol. The minimum Gasteiger partial charge on any atom is -0.314 e. The van der Waals surface area contributed by atoms with Crippen molar-refractivity contribution in [2.24, 2.45) is 11.8 Å². The molecule has 1 aliphatic rings. The molecule has 0 aliphatic heterocycles. The van der Waals surface area contributed by atoms with Crippen molar-refractivity contribution in [3.8, 4) is 0 Å². The summed E-state index contributed by atoms with van der Waals surface area (Å²) in [6.07, 6.45) is 0.0294. The molecule has 1 aliphatic carbocycles. The highest BCUT2D eigenvalue weighted by atomic mass is 32.1. The summed E-state index contributed by atoms with van der Waals surface area (Å²) in [7, 11) is 0. The summed E-state index contributed by atoms with van der Waals surface area (Å²) in [4.78, 5) is 0. The highest BCUT2D eigenvalue weighted by Crippen LogP contribution is 2.40. The number of thiophene rings is 1. The van der Waals surface area contributed by atoms with Crippen LogP contribution >= 0.6 is 11.3 Å². The van der Waals surface area contributed by atoms with Crippen LogP contribution in [0.1, 0.15) is 44.6 Å². The van der Waals surface area contributed by atoms with Crippen LogP contribution in [0.25, 0.3) is 0 Å². The Morgan fingerprint density at radius 2 is 2.00 bits per heavy atom. The zero-order valence-corrected chi connectivity index (χ0v) is 13.3. The minimum atomic E-state index is -4.00. The predicted octanol–water partition coefficient (Wildman–Crippen LogP) is 5.03. The molecule has 1 heterocycles. The van der Waals surface area contributed by atoms with Gasteiger partial charge in [-0.2, -0.15) is 24.5 Å². The van der Waals surface area contributed by atoms with Gasteiger partial charge in [0.2, 0.25) is 0 Å². The molecular formula is C16H24F3NS. The van der Waals surface area contributed by atoms with E-state index in [-0.39, 0.29) is 0 Å². The second-order valence-corrected chi connectivity index (χ2v) is 6.77. The molecule has 1 saturated carbocycles. The van der Waals surface area contributed by atoms with Crippen LogP contribution in [-0.2, 0) is 6.42 Å². The van der Waals surface area contributed by atoms with Crippen molar-refractivity contribution in [3.05, 3.63) is 22.4 Å². The van der Waals surface area contributed by atoms with Gasteiger partial charge in [0.05, 0.1) is 5.92 Å². The molecule has 1 nitrogen and oxygen atoms in total. The molecule has 1 N–H and O–H groups in total. The van der Waals surface area contributed by atoms with E-state index < -0.39 is 12.1 Å². The van der Waals surface area contributed by atoms with Crippen molar-refractivity contribution in [3.63, 3.8) is 0 Å². The highest BCUT2D eigenvalue weighted by Gasteiger charge is 2.42. The average molecular weight is 319 g/mol. The number of hydrogen-bond acceptors (Lipinski definition) is 2. The molecule has 21 heavy (non-hydrogen) atoms. The Balaban J connectivity index is 1.84. The van der Waals surface area contributed by atoms with Gasteiger partial charge in [0.15, 0.2) is 0 Å². The van der Waals surface area contributed by atoms with E-state index in [9.17, 15) is 13.2 Å². The third kappa shape index (κ3) is 4.99. The molecule has 5 heteroatoms. The van der Waals surface area contributed by atoms with Gasteiger partial charge < -0.3 is 5.32 Å². The molecule has 1 unspecified atom stereocenters. The van der Waals surface area contributed by atoms with E-state index in [4.69, 9.17) is 0 Å². The Morgan fingerprint density at radius 3 is 2.52 bits per heavy atom. The van der Waals surface area contributed by atoms with Crippen LogP contribution in [0.5, 0.6) is 0 Å². The van der Waals surface area contributed by atoms with E-state index in [2.05, 4.69) is 29.1 Å². The van der Waals surface area contributed by atoms with Crippen LogP contribution in [0, 0.1) is 11.8 Å². The van der Waals surface area contributed by atoms with Crippen LogP contribution in [0.4, 0.5) is 13.2 Å². The lowest BCUT2D eigenvalue weighted by Crippen LogP contribution is -2.40. The van der Waals surface area contributed by atoms with Crippen molar-refractivity contribution < 1.29 is 13.2 Å². The number of alkyl halides is 3. The predicted molar refractivity (Wildman–Crippen MR) is 81.6 cm³/mol. The van der Waals surface area contributed by atoms with Crippen molar-refractivity contribution in [2.45, 2.75) is 57.7 Å². The Bertz CT molecular complexity index is 394. The third-order valence-electron chi connectivity index (χ3n) is 4.59. The van der Waals surface area contributed by atoms with Crippen LogP contribution in [-0.4, -0.2) is 18.8 Å². The van der Waals surface area contributed by atoms with Crippen LogP contribution in [0.15, 0.2) is 16.8 Å². The molecule has 0 spiro atoms. The van der Waals surface area contributed by atoms with Gasteiger partial charge in [-0.3, -0.25) is 0 Å². The first-order valence-corrected chi connectivity index (χ1v) is 8.76. The summed E-state index contributed by atoms with van der Waals surface area (Å²) in [6, 6.07) is 2.48. The highest BCUT2D eigenvalue weighted by molar-refractivity contribution is 7.07. The quantitative estimate of drug-likeness (QED) is 0.775. The molecule has 0 amide bonds. The van der Waals surface area contributed by atoms with Gasteiger partial charge in [0.1, 0.15) is 0 Å². The van der Waals surface area contributed by atoms with Crippen molar-refractivity contribution in [2.75, 3.05) is 6.54 Å². The normalized spacial score (nSPS) is 25.0. The summed E-state index contributed by atoms with van der Waals surface area (Å²) >= 11 is 1.70. The first kappa shape index (κ1) is 16.8. The lowest BCUT2D eigenvalue weighted by Gasteiger charge is -2.35. The number of nitrogens with one attached hydrogen (secondary N) is 1. The monoisotopic (exact) mass is 319 g/mol. The number of aryl methyl sites for hydroxylation is 1. The van der Waals surface area contributed by atoms with E-state index >= 15 is 0 Å². The number of hydrogen-bond donors (Lipinski definition) is 1. The van der Waals surface area contributed by atoms with E-state index in [1.165, 1.54) is 5.56 Å². The molecule has 0 bridgehead atoms. The summed E-state index contributed by atoms with van der Waals surface area (Å²) in [5, 5.41) is 7.72. The van der Waals surface area contributed by atoms with Gasteiger partial charge in [0, 0.05) is 6.04 Å². The Labute approximate surface area is 128 Å². The molecule has 2 rings (SSSR count). The molecule has 0 radical (unpaired) electrons. The van der Waals surface area contributed by atoms with Crippen LogP contribution in [0.2, 0.25) is 0 Å². The van der Waals surface area contributed by atoms with E-state index in [0.717, 1.165) is 19.4 Å². The Morgan fingerprint density at radius 1 is 1.29 bits per heavy atom. The molecule has 1 atom stereocenters. The largest absolute Gasteiger partial charge is 0.391 e. The van der Waals surface area contributed by atoms with Gasteiger partial charge in [-0.05, 0) is 73.4 Å². The van der Waals surface area contributed by atoms with Crippen molar-refractivity contribution in [1.29, 1.82) is 0 Å². The zero-order valence-electron chi connectivity index (χ0n) is 12.5. The SMILES string of the molecule is CCNC(CCc1ccsc1)C1CCC(C(F)(F)F)CC1. The second-order valence-electron chi connectivity index (χ2n) is 5.99. The lowest BCUT2D eigenvalue weighted by molar-refractivity contribution is -0.184. The average Bonchev–Trinajstić information content (AvgIpc) is 2.96.